The first-order valence-electron chi connectivity index (χ1n) is 11.5. The van der Waals surface area contributed by atoms with Crippen molar-refractivity contribution in [2.75, 3.05) is 66.1 Å². The van der Waals surface area contributed by atoms with E-state index in [0.29, 0.717) is 12.6 Å². The molecule has 0 aromatic carbocycles. The molecule has 9 nitrogen and oxygen atoms in total. The Bertz CT molecular complexity index is 670. The minimum atomic E-state index is 0.537. The number of aromatic nitrogens is 3. The second kappa shape index (κ2) is 11.6. The average molecular weight is 421 g/mol. The fourth-order valence-electron chi connectivity index (χ4n) is 4.29. The lowest BCUT2D eigenvalue weighted by molar-refractivity contribution is 0.0375. The Hall–Kier alpha value is -1.71. The maximum atomic E-state index is 5.44. The van der Waals surface area contributed by atoms with Crippen molar-refractivity contribution in [1.29, 1.82) is 0 Å². The second-order valence-electron chi connectivity index (χ2n) is 8.40. The number of rotatable bonds is 9. The standard InChI is InChI=1S/C21H40N8O/c1-5-29-11-6-8-19(29)17-26(3)21(23-16-20-25-24-18(2)27(20)4)22-9-7-10-28-12-14-30-15-13-28/h19H,5-17H2,1-4H3,(H,22,23). The van der Waals surface area contributed by atoms with Crippen molar-refractivity contribution < 1.29 is 4.74 Å². The smallest absolute Gasteiger partial charge is 0.194 e. The van der Waals surface area contributed by atoms with Gasteiger partial charge < -0.3 is 19.5 Å². The van der Waals surface area contributed by atoms with E-state index in [9.17, 15) is 0 Å². The van der Waals surface area contributed by atoms with E-state index in [4.69, 9.17) is 9.73 Å². The molecule has 0 radical (unpaired) electrons. The van der Waals surface area contributed by atoms with Crippen LogP contribution in [-0.2, 0) is 18.3 Å². The number of nitrogens with one attached hydrogen (secondary N) is 1. The Labute approximate surface area is 181 Å². The van der Waals surface area contributed by atoms with E-state index in [1.165, 1.54) is 19.4 Å². The number of aliphatic imine (C=N–C) groups is 1. The fourth-order valence-corrected chi connectivity index (χ4v) is 4.29. The van der Waals surface area contributed by atoms with Crippen LogP contribution in [0.25, 0.3) is 0 Å². The summed E-state index contributed by atoms with van der Waals surface area (Å²) in [4.78, 5) is 12.2. The zero-order valence-electron chi connectivity index (χ0n) is 19.3. The average Bonchev–Trinajstić information content (AvgIpc) is 3.34. The van der Waals surface area contributed by atoms with Gasteiger partial charge >= 0.3 is 0 Å². The molecule has 1 unspecified atom stereocenters. The monoisotopic (exact) mass is 420 g/mol. The van der Waals surface area contributed by atoms with Crippen LogP contribution in [0.3, 0.4) is 0 Å². The molecule has 3 heterocycles. The van der Waals surface area contributed by atoms with Gasteiger partial charge in [-0.2, -0.15) is 0 Å². The molecule has 170 valence electrons. The summed E-state index contributed by atoms with van der Waals surface area (Å²) >= 11 is 0. The van der Waals surface area contributed by atoms with Crippen LogP contribution < -0.4 is 5.32 Å². The highest BCUT2D eigenvalue weighted by molar-refractivity contribution is 5.79. The zero-order chi connectivity index (χ0) is 21.3. The van der Waals surface area contributed by atoms with Gasteiger partial charge in [-0.1, -0.05) is 6.92 Å². The van der Waals surface area contributed by atoms with Gasteiger partial charge in [-0.25, -0.2) is 4.99 Å². The maximum Gasteiger partial charge on any atom is 0.194 e. The maximum absolute atomic E-state index is 5.44. The topological polar surface area (TPSA) is 74.1 Å². The van der Waals surface area contributed by atoms with Gasteiger partial charge in [0.05, 0.1) is 13.2 Å². The second-order valence-corrected chi connectivity index (χ2v) is 8.40. The molecule has 0 amide bonds. The number of morpholine rings is 1. The molecular weight excluding hydrogens is 380 g/mol. The molecule has 3 rings (SSSR count). The van der Waals surface area contributed by atoms with Crippen LogP contribution in [-0.4, -0.2) is 108 Å². The van der Waals surface area contributed by atoms with Gasteiger partial charge in [0.1, 0.15) is 12.4 Å². The lowest BCUT2D eigenvalue weighted by Gasteiger charge is -2.30. The zero-order valence-corrected chi connectivity index (χ0v) is 19.3. The van der Waals surface area contributed by atoms with Gasteiger partial charge in [-0.15, -0.1) is 10.2 Å². The van der Waals surface area contributed by atoms with Crippen molar-refractivity contribution >= 4 is 5.96 Å². The summed E-state index contributed by atoms with van der Waals surface area (Å²) in [5.41, 5.74) is 0. The minimum absolute atomic E-state index is 0.537. The molecular formula is C21H40N8O. The van der Waals surface area contributed by atoms with Crippen molar-refractivity contribution in [2.24, 2.45) is 12.0 Å². The number of likely N-dealkylation sites (tertiary alicyclic amines) is 1. The predicted octanol–water partition coefficient (Wildman–Crippen LogP) is 0.708. The van der Waals surface area contributed by atoms with Crippen molar-refractivity contribution in [3.05, 3.63) is 11.6 Å². The molecule has 2 fully saturated rings. The molecule has 0 saturated carbocycles. The van der Waals surface area contributed by atoms with Crippen molar-refractivity contribution in [3.63, 3.8) is 0 Å². The first-order valence-corrected chi connectivity index (χ1v) is 11.5. The van der Waals surface area contributed by atoms with E-state index in [0.717, 1.165) is 76.5 Å². The van der Waals surface area contributed by atoms with Crippen LogP contribution >= 0.6 is 0 Å². The summed E-state index contributed by atoms with van der Waals surface area (Å²) in [6, 6.07) is 0.609. The third kappa shape index (κ3) is 6.39. The summed E-state index contributed by atoms with van der Waals surface area (Å²) in [5, 5.41) is 12.0. The molecule has 1 aromatic heterocycles. The third-order valence-corrected chi connectivity index (χ3v) is 6.34. The van der Waals surface area contributed by atoms with Crippen LogP contribution in [0, 0.1) is 6.92 Å². The van der Waals surface area contributed by atoms with Gasteiger partial charge in [-0.3, -0.25) is 9.80 Å². The third-order valence-electron chi connectivity index (χ3n) is 6.34. The van der Waals surface area contributed by atoms with Crippen LogP contribution in [0.15, 0.2) is 4.99 Å². The Kier molecular flexibility index (Phi) is 8.89. The Balaban J connectivity index is 1.56. The summed E-state index contributed by atoms with van der Waals surface area (Å²) < 4.78 is 7.45. The van der Waals surface area contributed by atoms with Crippen molar-refractivity contribution in [2.45, 2.75) is 45.7 Å². The molecule has 30 heavy (non-hydrogen) atoms. The number of ether oxygens (including phenoxy) is 1. The molecule has 1 atom stereocenters. The molecule has 9 heteroatoms. The fraction of sp³-hybridized carbons (Fsp3) is 0.857. The Morgan fingerprint density at radius 2 is 2.07 bits per heavy atom. The van der Waals surface area contributed by atoms with E-state index in [1.54, 1.807) is 0 Å². The van der Waals surface area contributed by atoms with E-state index < -0.39 is 0 Å². The molecule has 2 saturated heterocycles. The molecule has 2 aliphatic heterocycles. The number of aryl methyl sites for hydroxylation is 1. The Morgan fingerprint density at radius 3 is 2.77 bits per heavy atom. The lowest BCUT2D eigenvalue weighted by Crippen LogP contribution is -2.46. The normalized spacial score (nSPS) is 21.3. The van der Waals surface area contributed by atoms with E-state index >= 15 is 0 Å². The first-order chi connectivity index (χ1) is 14.6. The van der Waals surface area contributed by atoms with Crippen LogP contribution in [0.4, 0.5) is 0 Å². The summed E-state index contributed by atoms with van der Waals surface area (Å²) in [6.07, 6.45) is 3.66. The first kappa shape index (κ1) is 23.0. The molecule has 0 bridgehead atoms. The van der Waals surface area contributed by atoms with Gasteiger partial charge in [0.25, 0.3) is 0 Å². The van der Waals surface area contributed by atoms with Gasteiger partial charge in [0.2, 0.25) is 0 Å². The molecule has 1 aromatic rings. The molecule has 2 aliphatic rings. The van der Waals surface area contributed by atoms with Crippen LogP contribution in [0.1, 0.15) is 37.8 Å². The van der Waals surface area contributed by atoms with E-state index in [1.807, 2.05) is 18.5 Å². The van der Waals surface area contributed by atoms with E-state index in [-0.39, 0.29) is 0 Å². The highest BCUT2D eigenvalue weighted by atomic mass is 16.5. The molecule has 0 spiro atoms. The Morgan fingerprint density at radius 1 is 1.27 bits per heavy atom. The van der Waals surface area contributed by atoms with Gasteiger partial charge in [0, 0.05) is 46.3 Å². The number of nitrogens with zero attached hydrogens (tertiary/aromatic N) is 7. The molecule has 0 aliphatic carbocycles. The summed E-state index contributed by atoms with van der Waals surface area (Å²) in [7, 11) is 4.15. The molecule has 1 N–H and O–H groups in total. The van der Waals surface area contributed by atoms with Crippen molar-refractivity contribution in [3.8, 4) is 0 Å². The van der Waals surface area contributed by atoms with Gasteiger partial charge in [0.15, 0.2) is 11.8 Å². The van der Waals surface area contributed by atoms with Crippen LogP contribution in [0.2, 0.25) is 0 Å². The number of guanidine groups is 1. The minimum Gasteiger partial charge on any atom is -0.379 e. The summed E-state index contributed by atoms with van der Waals surface area (Å²) in [5.74, 6) is 2.77. The largest absolute Gasteiger partial charge is 0.379 e. The lowest BCUT2D eigenvalue weighted by atomic mass is 10.2. The number of hydrogen-bond acceptors (Lipinski definition) is 6. The van der Waals surface area contributed by atoms with Crippen LogP contribution in [0.5, 0.6) is 0 Å². The summed E-state index contributed by atoms with van der Waals surface area (Å²) in [6.45, 7) is 13.9. The highest BCUT2D eigenvalue weighted by Gasteiger charge is 2.25. The highest BCUT2D eigenvalue weighted by Crippen LogP contribution is 2.17. The van der Waals surface area contributed by atoms with Gasteiger partial charge in [-0.05, 0) is 45.8 Å². The van der Waals surface area contributed by atoms with E-state index in [2.05, 4.69) is 44.2 Å². The number of likely N-dealkylation sites (N-methyl/N-ethyl adjacent to an activating group) is 2. The SMILES string of the molecule is CCN1CCCC1CN(C)C(=NCc1nnc(C)n1C)NCCCN1CCOCC1. The van der Waals surface area contributed by atoms with Crippen molar-refractivity contribution in [1.82, 2.24) is 34.8 Å². The number of hydrogen-bond donors (Lipinski definition) is 1. The quantitative estimate of drug-likeness (QED) is 0.358. The predicted molar refractivity (Wildman–Crippen MR) is 120 cm³/mol.